The van der Waals surface area contributed by atoms with Gasteiger partial charge in [0, 0.05) is 11.3 Å². The zero-order chi connectivity index (χ0) is 22.9. The summed E-state index contributed by atoms with van der Waals surface area (Å²) in [6.07, 6.45) is 4.21. The third kappa shape index (κ3) is 7.86. The molecule has 0 fully saturated rings. The maximum atomic E-state index is 13.3. The van der Waals surface area contributed by atoms with E-state index in [1.54, 1.807) is 57.2 Å². The molecule has 0 saturated carbocycles. The SMILES string of the molecule is CCCCCCSP(=O)(OCC)Oc1cc(C)cc(S(=O)(=O)Oc2ccccc2)c1C. The lowest BCUT2D eigenvalue weighted by atomic mass is 10.1. The van der Waals surface area contributed by atoms with E-state index in [2.05, 4.69) is 6.92 Å². The van der Waals surface area contributed by atoms with Gasteiger partial charge in [-0.2, -0.15) is 8.42 Å². The number of benzene rings is 2. The van der Waals surface area contributed by atoms with Gasteiger partial charge in [-0.25, -0.2) is 4.57 Å². The molecule has 0 saturated heterocycles. The molecule has 1 unspecified atom stereocenters. The van der Waals surface area contributed by atoms with Crippen molar-refractivity contribution in [2.24, 2.45) is 0 Å². The van der Waals surface area contributed by atoms with E-state index in [0.29, 0.717) is 16.9 Å². The molecule has 0 heterocycles. The highest BCUT2D eigenvalue weighted by atomic mass is 32.7. The largest absolute Gasteiger partial charge is 0.440 e. The van der Waals surface area contributed by atoms with Crippen LogP contribution in [0.3, 0.4) is 0 Å². The number of hydrogen-bond donors (Lipinski definition) is 0. The molecule has 0 aliphatic rings. The standard InChI is InChI=1S/C22H31O6PS2/c1-5-7-8-12-15-30-29(23,26-6-2)27-21-16-18(3)17-22(19(21)4)31(24,25)28-20-13-10-9-11-14-20/h9-11,13-14,16-17H,5-8,12,15H2,1-4H3. The Bertz CT molecular complexity index is 993. The lowest BCUT2D eigenvalue weighted by Crippen LogP contribution is -2.12. The Morgan fingerprint density at radius 1 is 1.00 bits per heavy atom. The summed E-state index contributed by atoms with van der Waals surface area (Å²) in [5.74, 6) is 1.08. The fourth-order valence-corrected chi connectivity index (χ4v) is 7.61. The molecule has 0 radical (unpaired) electrons. The van der Waals surface area contributed by atoms with Gasteiger partial charge < -0.3 is 8.71 Å². The first-order valence-electron chi connectivity index (χ1n) is 10.4. The first kappa shape index (κ1) is 25.8. The van der Waals surface area contributed by atoms with Crippen LogP contribution in [0.5, 0.6) is 11.5 Å². The second-order valence-electron chi connectivity index (χ2n) is 7.09. The second-order valence-corrected chi connectivity index (χ2v) is 12.7. The van der Waals surface area contributed by atoms with E-state index in [0.717, 1.165) is 37.1 Å². The van der Waals surface area contributed by atoms with Crippen molar-refractivity contribution in [2.45, 2.75) is 58.3 Å². The van der Waals surface area contributed by atoms with Crippen molar-refractivity contribution in [2.75, 3.05) is 12.4 Å². The van der Waals surface area contributed by atoms with Gasteiger partial charge in [0.25, 0.3) is 0 Å². The molecule has 0 aromatic heterocycles. The predicted octanol–water partition coefficient (Wildman–Crippen LogP) is 6.91. The van der Waals surface area contributed by atoms with Crippen LogP contribution < -0.4 is 8.71 Å². The van der Waals surface area contributed by atoms with Gasteiger partial charge in [0.1, 0.15) is 16.4 Å². The Hall–Kier alpha value is -1.47. The Morgan fingerprint density at radius 3 is 2.35 bits per heavy atom. The highest BCUT2D eigenvalue weighted by Crippen LogP contribution is 2.60. The minimum Gasteiger partial charge on any atom is -0.417 e. The molecule has 172 valence electrons. The highest BCUT2D eigenvalue weighted by molar-refractivity contribution is 8.55. The summed E-state index contributed by atoms with van der Waals surface area (Å²) in [5, 5.41) is 0. The first-order chi connectivity index (χ1) is 14.7. The van der Waals surface area contributed by atoms with Crippen LogP contribution in [0.2, 0.25) is 0 Å². The summed E-state index contributed by atoms with van der Waals surface area (Å²) in [6, 6.07) is 11.5. The van der Waals surface area contributed by atoms with Gasteiger partial charge in [0.05, 0.1) is 6.61 Å². The summed E-state index contributed by atoms with van der Waals surface area (Å²) >= 11 is 1.15. The monoisotopic (exact) mass is 486 g/mol. The third-order valence-electron chi connectivity index (χ3n) is 4.42. The van der Waals surface area contributed by atoms with Crippen LogP contribution in [0.1, 0.15) is 50.7 Å². The number of hydrogen-bond acceptors (Lipinski definition) is 7. The molecule has 0 amide bonds. The summed E-state index contributed by atoms with van der Waals surface area (Å²) in [7, 11) is -4.10. The van der Waals surface area contributed by atoms with Gasteiger partial charge in [-0.1, -0.05) is 44.4 Å². The highest BCUT2D eigenvalue weighted by Gasteiger charge is 2.30. The second kappa shape index (κ2) is 12.0. The minimum atomic E-state index is -4.10. The van der Waals surface area contributed by atoms with Gasteiger partial charge in [0.15, 0.2) is 0 Å². The quantitative estimate of drug-likeness (QED) is 0.173. The average molecular weight is 487 g/mol. The molecule has 1 atom stereocenters. The molecule has 0 spiro atoms. The van der Waals surface area contributed by atoms with Crippen LogP contribution in [0.4, 0.5) is 0 Å². The van der Waals surface area contributed by atoms with Crippen molar-refractivity contribution < 1.29 is 26.2 Å². The molecule has 0 aliphatic carbocycles. The number of unbranched alkanes of at least 4 members (excludes halogenated alkanes) is 3. The zero-order valence-electron chi connectivity index (χ0n) is 18.5. The molecular formula is C22H31O6PS2. The third-order valence-corrected chi connectivity index (χ3v) is 9.61. The molecule has 0 N–H and O–H groups in total. The normalized spacial score (nSPS) is 13.5. The van der Waals surface area contributed by atoms with Gasteiger partial charge in [-0.3, -0.25) is 4.52 Å². The minimum absolute atomic E-state index is 0.0256. The Kier molecular flexibility index (Phi) is 9.94. The fraction of sp³-hybridized carbons (Fsp3) is 0.455. The average Bonchev–Trinajstić information content (AvgIpc) is 2.71. The van der Waals surface area contributed by atoms with Gasteiger partial charge in [0.2, 0.25) is 0 Å². The lowest BCUT2D eigenvalue weighted by molar-refractivity contribution is 0.295. The van der Waals surface area contributed by atoms with Crippen LogP contribution in [-0.4, -0.2) is 20.8 Å². The van der Waals surface area contributed by atoms with Gasteiger partial charge in [-0.05, 0) is 68.4 Å². The molecule has 31 heavy (non-hydrogen) atoms. The zero-order valence-corrected chi connectivity index (χ0v) is 21.0. The molecule has 2 aromatic carbocycles. The number of para-hydroxylation sites is 1. The van der Waals surface area contributed by atoms with E-state index in [-0.39, 0.29) is 23.0 Å². The molecular weight excluding hydrogens is 455 g/mol. The molecule has 6 nitrogen and oxygen atoms in total. The Morgan fingerprint density at radius 2 is 1.71 bits per heavy atom. The van der Waals surface area contributed by atoms with E-state index in [9.17, 15) is 13.0 Å². The smallest absolute Gasteiger partial charge is 0.417 e. The van der Waals surface area contributed by atoms with Gasteiger partial charge in [-0.15, -0.1) is 0 Å². The Labute approximate surface area is 190 Å². The van der Waals surface area contributed by atoms with Crippen molar-refractivity contribution >= 4 is 28.3 Å². The molecule has 2 rings (SSSR count). The maximum Gasteiger partial charge on any atom is 0.440 e. The van der Waals surface area contributed by atoms with Crippen LogP contribution in [0, 0.1) is 13.8 Å². The fourth-order valence-electron chi connectivity index (χ4n) is 2.87. The van der Waals surface area contributed by atoms with Gasteiger partial charge >= 0.3 is 16.9 Å². The predicted molar refractivity (Wildman–Crippen MR) is 127 cm³/mol. The number of aryl methyl sites for hydroxylation is 1. The molecule has 9 heteroatoms. The van der Waals surface area contributed by atoms with Crippen molar-refractivity contribution in [1.29, 1.82) is 0 Å². The summed E-state index contributed by atoms with van der Waals surface area (Å²) < 4.78 is 55.6. The lowest BCUT2D eigenvalue weighted by Gasteiger charge is -2.20. The van der Waals surface area contributed by atoms with E-state index >= 15 is 0 Å². The van der Waals surface area contributed by atoms with E-state index in [4.69, 9.17) is 13.2 Å². The molecule has 2 aromatic rings. The summed E-state index contributed by atoms with van der Waals surface area (Å²) in [5.41, 5.74) is 0.972. The Balaban J connectivity index is 2.28. The van der Waals surface area contributed by atoms with Crippen molar-refractivity contribution in [1.82, 2.24) is 0 Å². The maximum absolute atomic E-state index is 13.3. The van der Waals surface area contributed by atoms with Crippen LogP contribution in [-0.2, 0) is 19.2 Å². The summed E-state index contributed by atoms with van der Waals surface area (Å²) in [6.45, 7) is 3.98. The van der Waals surface area contributed by atoms with E-state index in [1.165, 1.54) is 6.07 Å². The topological polar surface area (TPSA) is 78.9 Å². The van der Waals surface area contributed by atoms with Crippen LogP contribution >= 0.6 is 18.2 Å². The van der Waals surface area contributed by atoms with Crippen LogP contribution in [0.25, 0.3) is 0 Å². The molecule has 0 bridgehead atoms. The van der Waals surface area contributed by atoms with Crippen molar-refractivity contribution in [3.05, 3.63) is 53.6 Å². The summed E-state index contributed by atoms with van der Waals surface area (Å²) in [4.78, 5) is -0.0256. The first-order valence-corrected chi connectivity index (χ1v) is 14.9. The van der Waals surface area contributed by atoms with E-state index < -0.39 is 16.9 Å². The van der Waals surface area contributed by atoms with E-state index in [1.807, 2.05) is 0 Å². The molecule has 0 aliphatic heterocycles. The van der Waals surface area contributed by atoms with Crippen LogP contribution in [0.15, 0.2) is 47.4 Å². The number of rotatable bonds is 13. The van der Waals surface area contributed by atoms with Crippen molar-refractivity contribution in [3.8, 4) is 11.5 Å². The van der Waals surface area contributed by atoms with Crippen molar-refractivity contribution in [3.63, 3.8) is 0 Å².